The highest BCUT2D eigenvalue weighted by Crippen LogP contribution is 2.39. The van der Waals surface area contributed by atoms with Crippen LogP contribution in [0.25, 0.3) is 10.4 Å². The third-order valence-electron chi connectivity index (χ3n) is 5.57. The van der Waals surface area contributed by atoms with Gasteiger partial charge in [-0.1, -0.05) is 18.1 Å². The number of aliphatic hydroxyl groups excluding tert-OH is 1. The molecule has 4 aromatic rings. The first-order chi connectivity index (χ1) is 18.3. The molecule has 38 heavy (non-hydrogen) atoms. The zero-order valence-corrected chi connectivity index (χ0v) is 21.4. The molecule has 4 rings (SSSR count). The second kappa shape index (κ2) is 12.2. The van der Waals surface area contributed by atoms with E-state index in [4.69, 9.17) is 15.0 Å². The number of benzene rings is 1. The molecule has 0 spiro atoms. The van der Waals surface area contributed by atoms with Crippen molar-refractivity contribution in [1.82, 2.24) is 20.4 Å². The van der Waals surface area contributed by atoms with Crippen molar-refractivity contribution in [2.75, 3.05) is 19.0 Å². The summed E-state index contributed by atoms with van der Waals surface area (Å²) in [5.74, 6) is -1.52. The van der Waals surface area contributed by atoms with Crippen LogP contribution < -0.4 is 16.4 Å². The van der Waals surface area contributed by atoms with Crippen LogP contribution in [-0.4, -0.2) is 39.9 Å². The van der Waals surface area contributed by atoms with Crippen molar-refractivity contribution in [3.63, 3.8) is 0 Å². The fraction of sp³-hybridized carbons (Fsp3) is 0.280. The number of halogens is 2. The lowest BCUT2D eigenvalue weighted by Gasteiger charge is -2.11. The lowest BCUT2D eigenvalue weighted by molar-refractivity contribution is 0.100. The molecule has 0 aliphatic heterocycles. The Balaban J connectivity index is 1.50. The SMILES string of the molecule is COCc1noc(CNCc2cccc(Nc3sc(-c4c(F)cc(C(C)CO)cc4F)cc3C(N)=O)n2)n1. The van der Waals surface area contributed by atoms with Gasteiger partial charge in [0.05, 0.1) is 23.4 Å². The number of rotatable bonds is 12. The van der Waals surface area contributed by atoms with Gasteiger partial charge in [-0.25, -0.2) is 13.8 Å². The number of hydrogen-bond acceptors (Lipinski definition) is 10. The molecule has 3 aromatic heterocycles. The maximum absolute atomic E-state index is 14.9. The highest BCUT2D eigenvalue weighted by atomic mass is 32.1. The molecule has 0 saturated carbocycles. The van der Waals surface area contributed by atoms with Gasteiger partial charge in [0.15, 0.2) is 5.82 Å². The van der Waals surface area contributed by atoms with Crippen LogP contribution in [-0.2, 0) is 24.4 Å². The van der Waals surface area contributed by atoms with Gasteiger partial charge in [0.2, 0.25) is 5.89 Å². The van der Waals surface area contributed by atoms with Gasteiger partial charge in [-0.2, -0.15) is 4.98 Å². The molecule has 5 N–H and O–H groups in total. The Labute approximate surface area is 220 Å². The number of aromatic nitrogens is 3. The number of aliphatic hydroxyl groups is 1. The number of pyridine rings is 1. The van der Waals surface area contributed by atoms with Crippen molar-refractivity contribution in [3.05, 3.63) is 76.6 Å². The summed E-state index contributed by atoms with van der Waals surface area (Å²) in [6.45, 7) is 2.37. The summed E-state index contributed by atoms with van der Waals surface area (Å²) in [5, 5.41) is 19.6. The highest BCUT2D eigenvalue weighted by Gasteiger charge is 2.22. The molecule has 0 fully saturated rings. The normalized spacial score (nSPS) is 12.0. The van der Waals surface area contributed by atoms with Crippen LogP contribution in [0.1, 0.15) is 46.2 Å². The number of nitrogens with zero attached hydrogens (tertiary/aromatic N) is 3. The van der Waals surface area contributed by atoms with E-state index in [1.54, 1.807) is 32.2 Å². The van der Waals surface area contributed by atoms with Crippen LogP contribution in [0.3, 0.4) is 0 Å². The minimum absolute atomic E-state index is 0.0742. The van der Waals surface area contributed by atoms with Crippen molar-refractivity contribution in [3.8, 4) is 10.4 Å². The summed E-state index contributed by atoms with van der Waals surface area (Å²) in [7, 11) is 1.54. The van der Waals surface area contributed by atoms with Crippen LogP contribution in [0.15, 0.2) is 40.9 Å². The first-order valence-electron chi connectivity index (χ1n) is 11.6. The van der Waals surface area contributed by atoms with Gasteiger partial charge in [-0.05, 0) is 35.9 Å². The van der Waals surface area contributed by atoms with Crippen molar-refractivity contribution in [1.29, 1.82) is 0 Å². The first-order valence-corrected chi connectivity index (χ1v) is 12.4. The Hall–Kier alpha value is -3.78. The van der Waals surface area contributed by atoms with Gasteiger partial charge in [0.25, 0.3) is 5.91 Å². The lowest BCUT2D eigenvalue weighted by Crippen LogP contribution is -2.14. The van der Waals surface area contributed by atoms with Gasteiger partial charge in [0.1, 0.15) is 29.1 Å². The Kier molecular flexibility index (Phi) is 8.73. The van der Waals surface area contributed by atoms with Gasteiger partial charge in [-0.15, -0.1) is 11.3 Å². The number of primary amides is 1. The quantitative estimate of drug-likeness (QED) is 0.209. The van der Waals surface area contributed by atoms with Gasteiger partial charge in [0, 0.05) is 31.1 Å². The molecule has 1 unspecified atom stereocenters. The van der Waals surface area contributed by atoms with E-state index < -0.39 is 23.5 Å². The molecular formula is C25H26F2N6O4S. The maximum atomic E-state index is 14.9. The van der Waals surface area contributed by atoms with Crippen LogP contribution in [0.2, 0.25) is 0 Å². The molecule has 1 amide bonds. The summed E-state index contributed by atoms with van der Waals surface area (Å²) in [5.41, 5.74) is 6.35. The summed E-state index contributed by atoms with van der Waals surface area (Å²) < 4.78 is 39.9. The smallest absolute Gasteiger partial charge is 0.251 e. The number of carbonyl (C=O) groups is 1. The monoisotopic (exact) mass is 544 g/mol. The zero-order chi connectivity index (χ0) is 27.2. The summed E-state index contributed by atoms with van der Waals surface area (Å²) in [4.78, 5) is 21.0. The van der Waals surface area contributed by atoms with E-state index >= 15 is 0 Å². The Bertz CT molecular complexity index is 1400. The number of anilines is 2. The Morgan fingerprint density at radius 1 is 1.21 bits per heavy atom. The van der Waals surface area contributed by atoms with Crippen molar-refractivity contribution >= 4 is 28.1 Å². The van der Waals surface area contributed by atoms with Crippen LogP contribution in [0.5, 0.6) is 0 Å². The number of amides is 1. The fourth-order valence-electron chi connectivity index (χ4n) is 3.62. The largest absolute Gasteiger partial charge is 0.396 e. The third-order valence-corrected chi connectivity index (χ3v) is 6.63. The minimum Gasteiger partial charge on any atom is -0.396 e. The minimum atomic E-state index is -0.800. The zero-order valence-electron chi connectivity index (χ0n) is 20.6. The van der Waals surface area contributed by atoms with E-state index in [0.717, 1.165) is 11.3 Å². The van der Waals surface area contributed by atoms with E-state index in [1.807, 2.05) is 0 Å². The molecule has 0 bridgehead atoms. The average molecular weight is 545 g/mol. The molecule has 200 valence electrons. The number of thiophene rings is 1. The van der Waals surface area contributed by atoms with E-state index in [-0.39, 0.29) is 29.2 Å². The predicted octanol–water partition coefficient (Wildman–Crippen LogP) is 3.85. The second-order valence-electron chi connectivity index (χ2n) is 8.44. The lowest BCUT2D eigenvalue weighted by atomic mass is 9.99. The molecule has 3 heterocycles. The van der Waals surface area contributed by atoms with E-state index in [0.29, 0.717) is 46.9 Å². The average Bonchev–Trinajstić information content (AvgIpc) is 3.50. The standard InChI is InChI=1S/C25H26F2N6O4S/c1-13(11-34)14-6-17(26)23(18(27)7-14)19-8-16(24(28)35)25(38-19)32-20-5-3-4-15(30-20)9-29-10-22-31-21(12-36-2)33-37-22/h3-8,13,29,34H,9-12H2,1-2H3,(H2,28,35)(H,30,32). The molecule has 0 aliphatic rings. The number of carbonyl (C=O) groups excluding carboxylic acids is 1. The van der Waals surface area contributed by atoms with Crippen LogP contribution in [0.4, 0.5) is 19.6 Å². The third kappa shape index (κ3) is 6.37. The fourth-order valence-corrected chi connectivity index (χ4v) is 4.74. The van der Waals surface area contributed by atoms with Crippen molar-refractivity contribution in [2.24, 2.45) is 5.73 Å². The van der Waals surface area contributed by atoms with Gasteiger partial charge < -0.3 is 30.7 Å². The Morgan fingerprint density at radius 3 is 2.66 bits per heavy atom. The summed E-state index contributed by atoms with van der Waals surface area (Å²) in [6, 6.07) is 8.97. The topological polar surface area (TPSA) is 148 Å². The number of nitrogens with two attached hydrogens (primary N) is 1. The molecule has 1 atom stereocenters. The van der Waals surface area contributed by atoms with Crippen LogP contribution in [0, 0.1) is 11.6 Å². The molecule has 0 saturated heterocycles. The molecular weight excluding hydrogens is 518 g/mol. The number of methoxy groups -OCH3 is 1. The predicted molar refractivity (Wildman–Crippen MR) is 137 cm³/mol. The van der Waals surface area contributed by atoms with E-state index in [2.05, 4.69) is 25.8 Å². The first kappa shape index (κ1) is 27.3. The highest BCUT2D eigenvalue weighted by molar-refractivity contribution is 7.20. The molecule has 0 aliphatic carbocycles. The van der Waals surface area contributed by atoms with Crippen LogP contribution >= 0.6 is 11.3 Å². The number of ether oxygens (including phenoxy) is 1. The van der Waals surface area contributed by atoms with Crippen molar-refractivity contribution in [2.45, 2.75) is 32.5 Å². The second-order valence-corrected chi connectivity index (χ2v) is 9.49. The molecule has 10 nitrogen and oxygen atoms in total. The van der Waals surface area contributed by atoms with E-state index in [1.165, 1.54) is 18.2 Å². The van der Waals surface area contributed by atoms with Crippen molar-refractivity contribution < 1.29 is 27.9 Å². The maximum Gasteiger partial charge on any atom is 0.251 e. The van der Waals surface area contributed by atoms with E-state index in [9.17, 15) is 18.7 Å². The summed E-state index contributed by atoms with van der Waals surface area (Å²) in [6.07, 6.45) is 0. The van der Waals surface area contributed by atoms with Gasteiger partial charge >= 0.3 is 0 Å². The van der Waals surface area contributed by atoms with Gasteiger partial charge in [-0.3, -0.25) is 4.79 Å². The molecule has 1 aromatic carbocycles. The number of hydrogen-bond donors (Lipinski definition) is 4. The number of nitrogens with one attached hydrogen (secondary N) is 2. The summed E-state index contributed by atoms with van der Waals surface area (Å²) >= 11 is 0.977. The Morgan fingerprint density at radius 2 is 1.97 bits per heavy atom. The molecule has 0 radical (unpaired) electrons. The molecule has 13 heteroatoms.